The van der Waals surface area contributed by atoms with Crippen LogP contribution < -0.4 is 5.32 Å². The SMILES string of the molecule is CCCNC(=O)CSc1nnc(SCc2ccccc2C#N)s1. The molecule has 0 atom stereocenters. The van der Waals surface area contributed by atoms with Crippen LogP contribution in [0.5, 0.6) is 0 Å². The highest BCUT2D eigenvalue weighted by molar-refractivity contribution is 8.03. The number of rotatable bonds is 8. The van der Waals surface area contributed by atoms with E-state index in [0.717, 1.165) is 20.7 Å². The first kappa shape index (κ1) is 17.8. The molecule has 1 N–H and O–H groups in total. The number of nitrogens with one attached hydrogen (secondary N) is 1. The van der Waals surface area contributed by atoms with Gasteiger partial charge in [0.25, 0.3) is 0 Å². The molecule has 2 rings (SSSR count). The minimum atomic E-state index is 0.0178. The molecule has 2 aromatic rings. The first-order valence-electron chi connectivity index (χ1n) is 7.06. The predicted octanol–water partition coefficient (Wildman–Crippen LogP) is 3.32. The Hall–Kier alpha value is -1.56. The van der Waals surface area contributed by atoms with Gasteiger partial charge >= 0.3 is 0 Å². The van der Waals surface area contributed by atoms with E-state index in [-0.39, 0.29) is 5.91 Å². The van der Waals surface area contributed by atoms with E-state index in [1.807, 2.05) is 31.2 Å². The minimum Gasteiger partial charge on any atom is -0.355 e. The van der Waals surface area contributed by atoms with Gasteiger partial charge in [0.1, 0.15) is 0 Å². The number of carbonyl (C=O) groups is 1. The zero-order chi connectivity index (χ0) is 16.5. The third-order valence-electron chi connectivity index (χ3n) is 2.78. The van der Waals surface area contributed by atoms with Crippen LogP contribution in [0, 0.1) is 11.3 Å². The van der Waals surface area contributed by atoms with Crippen molar-refractivity contribution in [2.75, 3.05) is 12.3 Å². The number of nitrogens with zero attached hydrogens (tertiary/aromatic N) is 3. The van der Waals surface area contributed by atoms with E-state index in [1.54, 1.807) is 11.8 Å². The Morgan fingerprint density at radius 2 is 2.04 bits per heavy atom. The van der Waals surface area contributed by atoms with Gasteiger partial charge in [-0.05, 0) is 18.1 Å². The first-order chi connectivity index (χ1) is 11.2. The van der Waals surface area contributed by atoms with Gasteiger partial charge in [-0.3, -0.25) is 4.79 Å². The van der Waals surface area contributed by atoms with Crippen molar-refractivity contribution in [2.45, 2.75) is 27.8 Å². The molecule has 0 aliphatic carbocycles. The maximum Gasteiger partial charge on any atom is 0.230 e. The summed E-state index contributed by atoms with van der Waals surface area (Å²) in [5, 5.41) is 20.1. The van der Waals surface area contributed by atoms with Gasteiger partial charge < -0.3 is 5.32 Å². The fourth-order valence-corrected chi connectivity index (χ4v) is 4.51. The van der Waals surface area contributed by atoms with Crippen molar-refractivity contribution in [2.24, 2.45) is 0 Å². The highest BCUT2D eigenvalue weighted by Crippen LogP contribution is 2.31. The van der Waals surface area contributed by atoms with Crippen LogP contribution in [0.4, 0.5) is 0 Å². The van der Waals surface area contributed by atoms with Gasteiger partial charge in [0.15, 0.2) is 8.68 Å². The van der Waals surface area contributed by atoms with E-state index in [9.17, 15) is 4.79 Å². The minimum absolute atomic E-state index is 0.0178. The standard InChI is InChI=1S/C15H16N4OS3/c1-2-7-17-13(20)10-22-15-19-18-14(23-15)21-9-12-6-4-3-5-11(12)8-16/h3-6H,2,7,9-10H2,1H3,(H,17,20). The Labute approximate surface area is 147 Å². The molecule has 120 valence electrons. The molecule has 1 aromatic carbocycles. The number of hydrogen-bond donors (Lipinski definition) is 1. The summed E-state index contributed by atoms with van der Waals surface area (Å²) in [4.78, 5) is 11.6. The third kappa shape index (κ3) is 5.86. The zero-order valence-electron chi connectivity index (χ0n) is 12.6. The second kappa shape index (κ2) is 9.55. The third-order valence-corrected chi connectivity index (χ3v) is 6.01. The van der Waals surface area contributed by atoms with E-state index in [2.05, 4.69) is 21.6 Å². The van der Waals surface area contributed by atoms with Crippen LogP contribution in [-0.2, 0) is 10.5 Å². The molecule has 1 aromatic heterocycles. The summed E-state index contributed by atoms with van der Waals surface area (Å²) in [5.41, 5.74) is 1.68. The number of nitriles is 1. The summed E-state index contributed by atoms with van der Waals surface area (Å²) in [6.07, 6.45) is 0.931. The number of amides is 1. The molecule has 0 unspecified atom stereocenters. The van der Waals surface area contributed by atoms with Crippen molar-refractivity contribution in [1.29, 1.82) is 5.26 Å². The molecule has 8 heteroatoms. The number of thioether (sulfide) groups is 2. The van der Waals surface area contributed by atoms with Gasteiger partial charge in [-0.25, -0.2) is 0 Å². The van der Waals surface area contributed by atoms with Crippen LogP contribution in [0.3, 0.4) is 0 Å². The number of hydrogen-bond acceptors (Lipinski definition) is 7. The Bertz CT molecular complexity index is 696. The average Bonchev–Trinajstić information content (AvgIpc) is 3.04. The van der Waals surface area contributed by atoms with Gasteiger partial charge in [0.05, 0.1) is 17.4 Å². The van der Waals surface area contributed by atoms with E-state index in [1.165, 1.54) is 23.1 Å². The molecule has 0 spiro atoms. The monoisotopic (exact) mass is 364 g/mol. The normalized spacial score (nSPS) is 10.3. The van der Waals surface area contributed by atoms with Crippen LogP contribution in [0.25, 0.3) is 0 Å². The summed E-state index contributed by atoms with van der Waals surface area (Å²) in [5.74, 6) is 1.06. The molecular formula is C15H16N4OS3. The lowest BCUT2D eigenvalue weighted by atomic mass is 10.1. The lowest BCUT2D eigenvalue weighted by molar-refractivity contribution is -0.118. The Morgan fingerprint density at radius 1 is 1.30 bits per heavy atom. The van der Waals surface area contributed by atoms with Gasteiger partial charge in [-0.15, -0.1) is 10.2 Å². The Morgan fingerprint density at radius 3 is 2.78 bits per heavy atom. The second-order valence-electron chi connectivity index (χ2n) is 4.53. The van der Waals surface area contributed by atoms with E-state index in [0.29, 0.717) is 23.6 Å². The van der Waals surface area contributed by atoms with Crippen LogP contribution >= 0.6 is 34.9 Å². The van der Waals surface area contributed by atoms with Crippen molar-refractivity contribution in [3.05, 3.63) is 35.4 Å². The van der Waals surface area contributed by atoms with Gasteiger partial charge in [-0.2, -0.15) is 5.26 Å². The van der Waals surface area contributed by atoms with Crippen LogP contribution in [-0.4, -0.2) is 28.4 Å². The average molecular weight is 365 g/mol. The van der Waals surface area contributed by atoms with Gasteiger partial charge in [0, 0.05) is 12.3 Å². The number of aromatic nitrogens is 2. The predicted molar refractivity (Wildman–Crippen MR) is 94.7 cm³/mol. The molecule has 0 bridgehead atoms. The largest absolute Gasteiger partial charge is 0.355 e. The van der Waals surface area contributed by atoms with Crippen molar-refractivity contribution in [3.63, 3.8) is 0 Å². The quantitative estimate of drug-likeness (QED) is 0.724. The lowest BCUT2D eigenvalue weighted by Crippen LogP contribution is -2.25. The molecule has 0 saturated heterocycles. The highest BCUT2D eigenvalue weighted by Gasteiger charge is 2.09. The molecule has 5 nitrogen and oxygen atoms in total. The summed E-state index contributed by atoms with van der Waals surface area (Å²) < 4.78 is 1.63. The summed E-state index contributed by atoms with van der Waals surface area (Å²) in [7, 11) is 0. The Balaban J connectivity index is 1.83. The molecule has 0 saturated carbocycles. The molecule has 0 aliphatic rings. The number of benzene rings is 1. The topological polar surface area (TPSA) is 78.7 Å². The summed E-state index contributed by atoms with van der Waals surface area (Å²) >= 11 is 4.42. The number of carbonyl (C=O) groups excluding carboxylic acids is 1. The maximum atomic E-state index is 11.6. The highest BCUT2D eigenvalue weighted by atomic mass is 32.2. The first-order valence-corrected chi connectivity index (χ1v) is 9.85. The summed E-state index contributed by atoms with van der Waals surface area (Å²) in [6.45, 7) is 2.72. The van der Waals surface area contributed by atoms with E-state index < -0.39 is 0 Å². The van der Waals surface area contributed by atoms with E-state index >= 15 is 0 Å². The van der Waals surface area contributed by atoms with Crippen molar-refractivity contribution < 1.29 is 4.79 Å². The van der Waals surface area contributed by atoms with Crippen LogP contribution in [0.1, 0.15) is 24.5 Å². The molecule has 1 amide bonds. The molecule has 0 aliphatic heterocycles. The molecule has 0 radical (unpaired) electrons. The lowest BCUT2D eigenvalue weighted by Gasteiger charge is -2.01. The Kier molecular flexibility index (Phi) is 7.39. The second-order valence-corrected chi connectivity index (χ2v) is 7.95. The smallest absolute Gasteiger partial charge is 0.230 e. The molecule has 23 heavy (non-hydrogen) atoms. The van der Waals surface area contributed by atoms with Crippen molar-refractivity contribution in [1.82, 2.24) is 15.5 Å². The zero-order valence-corrected chi connectivity index (χ0v) is 15.1. The van der Waals surface area contributed by atoms with Gasteiger partial charge in [-0.1, -0.05) is 60.0 Å². The molecule has 1 heterocycles. The van der Waals surface area contributed by atoms with Gasteiger partial charge in [0.2, 0.25) is 5.91 Å². The molecular weight excluding hydrogens is 348 g/mol. The van der Waals surface area contributed by atoms with Crippen LogP contribution in [0.2, 0.25) is 0 Å². The van der Waals surface area contributed by atoms with Crippen molar-refractivity contribution >= 4 is 40.8 Å². The summed E-state index contributed by atoms with van der Waals surface area (Å²) in [6, 6.07) is 9.73. The molecule has 0 fully saturated rings. The maximum absolute atomic E-state index is 11.6. The van der Waals surface area contributed by atoms with Crippen LogP contribution in [0.15, 0.2) is 32.9 Å². The van der Waals surface area contributed by atoms with E-state index in [4.69, 9.17) is 5.26 Å². The fraction of sp³-hybridized carbons (Fsp3) is 0.333. The van der Waals surface area contributed by atoms with Crippen molar-refractivity contribution in [3.8, 4) is 6.07 Å². The fourth-order valence-electron chi connectivity index (χ4n) is 1.65.